The number of hydrogen-bond acceptors (Lipinski definition) is 12. The van der Waals surface area contributed by atoms with Crippen LogP contribution in [-0.2, 0) is 20.2 Å². The average molecular weight is 751 g/mol. The molecule has 50 heavy (non-hydrogen) atoms. The molecule has 0 saturated heterocycles. The van der Waals surface area contributed by atoms with Crippen LogP contribution in [0.5, 0.6) is 0 Å². The second kappa shape index (κ2) is 13.1. The first-order valence-corrected chi connectivity index (χ1v) is 17.1. The monoisotopic (exact) mass is 750 g/mol. The maximum atomic E-state index is 12.7. The molecule has 0 unspecified atom stereocenters. The molecule has 2 aliphatic rings. The van der Waals surface area contributed by atoms with Gasteiger partial charge in [-0.3, -0.25) is 0 Å². The van der Waals surface area contributed by atoms with Gasteiger partial charge in [0.1, 0.15) is 42.8 Å². The molecule has 0 fully saturated rings. The molecule has 8 bridgehead atoms. The first kappa shape index (κ1) is 35.7. The van der Waals surface area contributed by atoms with Crippen LogP contribution in [0.4, 0.5) is 0 Å². The Morgan fingerprint density at radius 2 is 0.820 bits per heavy atom. The van der Waals surface area contributed by atoms with Crippen LogP contribution in [0.15, 0.2) is 94.7 Å². The Labute approximate surface area is 367 Å². The largest absolute Gasteiger partial charge is 1.00 e. The van der Waals surface area contributed by atoms with Crippen molar-refractivity contribution in [2.75, 3.05) is 0 Å². The van der Waals surface area contributed by atoms with E-state index in [1.165, 1.54) is 6.07 Å². The number of nitrogens with one attached hydrogen (secondary N) is 2. The van der Waals surface area contributed by atoms with Crippen LogP contribution in [0.3, 0.4) is 0 Å². The van der Waals surface area contributed by atoms with Crippen molar-refractivity contribution >= 4 is 64.4 Å². The average Bonchev–Trinajstić information content (AvgIpc) is 3.79. The predicted molar refractivity (Wildman–Crippen MR) is 172 cm³/mol. The zero-order valence-electron chi connectivity index (χ0n) is 26.0. The summed E-state index contributed by atoms with van der Waals surface area (Å²) in [5.74, 6) is 0.876. The van der Waals surface area contributed by atoms with E-state index >= 15 is 0 Å². The fourth-order valence-corrected chi connectivity index (χ4v) is 8.07. The molecule has 18 heteroatoms. The normalized spacial score (nSPS) is 12.2. The zero-order chi connectivity index (χ0) is 32.9. The molecule has 2 aliphatic heterocycles. The minimum Gasteiger partial charge on any atom is -0.744 e. The van der Waals surface area contributed by atoms with Crippen molar-refractivity contribution < 1.29 is 129 Å². The second-order valence-electron chi connectivity index (χ2n) is 11.0. The summed E-state index contributed by atoms with van der Waals surface area (Å²) >= 11 is 0. The number of benzene rings is 4. The van der Waals surface area contributed by atoms with Crippen molar-refractivity contribution in [2.45, 2.75) is 9.79 Å². The number of nitrogens with zero attached hydrogens (tertiary/aromatic N) is 6. The SMILES string of the molecule is O=S(=O)([O-])c1ccc2c3nc4nc(nc5[nH]c(nc6nc(nc([nH]3)c2c1S(=O)(=O)[O-])-c1ccccc1-6)c1ccccc51)-c1ccccc1-4.[K+].[K+]. The van der Waals surface area contributed by atoms with E-state index in [1.807, 2.05) is 36.4 Å². The topological polar surface area (TPSA) is 223 Å². The van der Waals surface area contributed by atoms with Crippen LogP contribution < -0.4 is 103 Å². The van der Waals surface area contributed by atoms with Gasteiger partial charge in [0.25, 0.3) is 0 Å². The molecule has 0 atom stereocenters. The number of fused-ring (bicyclic) bond motifs is 20. The van der Waals surface area contributed by atoms with Gasteiger partial charge in [0.05, 0.1) is 9.79 Å². The van der Waals surface area contributed by atoms with Gasteiger partial charge in [0.15, 0.2) is 23.3 Å². The van der Waals surface area contributed by atoms with Gasteiger partial charge in [-0.2, -0.15) is 0 Å². The summed E-state index contributed by atoms with van der Waals surface area (Å²) in [5, 5.41) is 1.13. The summed E-state index contributed by atoms with van der Waals surface area (Å²) in [7, 11) is -11.0. The van der Waals surface area contributed by atoms with Crippen LogP contribution in [-0.4, -0.2) is 65.8 Å². The van der Waals surface area contributed by atoms with Gasteiger partial charge in [-0.05, 0) is 12.1 Å². The third-order valence-corrected chi connectivity index (χ3v) is 10.1. The second-order valence-corrected chi connectivity index (χ2v) is 13.6. The molecule has 9 rings (SSSR count). The van der Waals surface area contributed by atoms with Crippen molar-refractivity contribution in [1.29, 1.82) is 0 Å². The summed E-state index contributed by atoms with van der Waals surface area (Å²) in [6.07, 6.45) is 0. The van der Waals surface area contributed by atoms with E-state index in [4.69, 9.17) is 19.9 Å². The summed E-state index contributed by atoms with van der Waals surface area (Å²) in [6.45, 7) is 0. The van der Waals surface area contributed by atoms with Gasteiger partial charge < -0.3 is 19.1 Å². The molecule has 5 heterocycles. The molecule has 4 aromatic carbocycles. The van der Waals surface area contributed by atoms with Crippen LogP contribution in [0.1, 0.15) is 0 Å². The fraction of sp³-hybridized carbons (Fsp3) is 0. The number of aromatic nitrogens is 8. The maximum Gasteiger partial charge on any atom is 1.00 e. The van der Waals surface area contributed by atoms with Gasteiger partial charge in [-0.15, -0.1) is 0 Å². The Morgan fingerprint density at radius 1 is 0.440 bits per heavy atom. The van der Waals surface area contributed by atoms with Crippen molar-refractivity contribution in [3.8, 4) is 45.6 Å². The third-order valence-electron chi connectivity index (χ3n) is 8.16. The van der Waals surface area contributed by atoms with Crippen LogP contribution in [0, 0.1) is 0 Å². The summed E-state index contributed by atoms with van der Waals surface area (Å²) < 4.78 is 74.7. The Bertz CT molecular complexity index is 2980. The summed E-state index contributed by atoms with van der Waals surface area (Å²) in [5.41, 5.74) is 3.08. The number of H-pyrrole nitrogens is 2. The number of hydrogen-bond donors (Lipinski definition) is 2. The molecular weight excluding hydrogens is 735 g/mol. The van der Waals surface area contributed by atoms with Gasteiger partial charge in [-0.25, -0.2) is 46.7 Å². The minimum atomic E-state index is -5.56. The summed E-state index contributed by atoms with van der Waals surface area (Å²) in [6, 6.07) is 23.8. The van der Waals surface area contributed by atoms with E-state index in [0.29, 0.717) is 39.4 Å². The number of aromatic amines is 2. The molecule has 2 N–H and O–H groups in total. The maximum absolute atomic E-state index is 12.7. The van der Waals surface area contributed by atoms with Crippen molar-refractivity contribution in [1.82, 2.24) is 39.9 Å². The Kier molecular flexibility index (Phi) is 9.34. The molecule has 234 valence electrons. The van der Waals surface area contributed by atoms with Gasteiger partial charge in [0, 0.05) is 43.8 Å². The quantitative estimate of drug-likeness (QED) is 0.155. The zero-order valence-corrected chi connectivity index (χ0v) is 33.9. The van der Waals surface area contributed by atoms with Crippen LogP contribution in [0.2, 0.25) is 0 Å². The van der Waals surface area contributed by atoms with E-state index < -0.39 is 35.4 Å². The molecule has 0 aliphatic carbocycles. The van der Waals surface area contributed by atoms with E-state index in [0.717, 1.165) is 16.8 Å². The van der Waals surface area contributed by atoms with E-state index in [2.05, 4.69) is 19.9 Å². The molecule has 14 nitrogen and oxygen atoms in total. The van der Waals surface area contributed by atoms with Crippen molar-refractivity contribution in [3.63, 3.8) is 0 Å². The third kappa shape index (κ3) is 5.86. The van der Waals surface area contributed by atoms with Crippen LogP contribution >= 0.6 is 0 Å². The van der Waals surface area contributed by atoms with Gasteiger partial charge >= 0.3 is 103 Å². The first-order valence-electron chi connectivity index (χ1n) is 14.2. The van der Waals surface area contributed by atoms with Gasteiger partial charge in [-0.1, -0.05) is 72.8 Å². The Morgan fingerprint density at radius 3 is 1.24 bits per heavy atom. The molecule has 0 saturated carbocycles. The Balaban J connectivity index is 0.00000196. The van der Waals surface area contributed by atoms with Crippen molar-refractivity contribution in [2.24, 2.45) is 0 Å². The Hall–Kier alpha value is -2.67. The number of rotatable bonds is 2. The molecule has 0 amide bonds. The molecular formula is C32H16K2N8O6S2. The minimum absolute atomic E-state index is 0. The van der Waals surface area contributed by atoms with Crippen molar-refractivity contribution in [3.05, 3.63) is 84.9 Å². The van der Waals surface area contributed by atoms with E-state index in [-0.39, 0.29) is 137 Å². The first-order chi connectivity index (χ1) is 23.0. The van der Waals surface area contributed by atoms with Gasteiger partial charge in [0.2, 0.25) is 0 Å². The molecule has 0 spiro atoms. The molecule has 0 radical (unpaired) electrons. The summed E-state index contributed by atoms with van der Waals surface area (Å²) in [4.78, 5) is 32.2. The fourth-order valence-electron chi connectivity index (χ4n) is 6.13. The smallest absolute Gasteiger partial charge is 0.744 e. The van der Waals surface area contributed by atoms with E-state index in [9.17, 15) is 25.9 Å². The van der Waals surface area contributed by atoms with Crippen LogP contribution in [0.25, 0.3) is 89.7 Å². The van der Waals surface area contributed by atoms with E-state index in [1.54, 1.807) is 36.4 Å². The molecule has 3 aromatic heterocycles. The molecule has 7 aromatic rings. The standard InChI is InChI=1S/C32H18N8O6S2.2K/c41-47(42,43)22-14-13-21-23(24(22)48(44,45)46)32-39-30-20-12-6-5-11-19(20)28(37-30)35-26-16-8-2-1-7-15(16)25(33-26)34-27-17-9-3-4-10-18(17)29(36-27)38-31(21)40-32;;/h1-14H,(H,41,42,43)(H,44,45,46)(H2,33,34,35,36,37,38,39,40);;/q;2*+1/p-2. The predicted octanol–water partition coefficient (Wildman–Crippen LogP) is -1.31.